The molecule has 0 saturated carbocycles. The number of aromatic nitrogens is 1. The maximum Gasteiger partial charge on any atom is 0.328 e. The van der Waals surface area contributed by atoms with Crippen LogP contribution in [-0.2, 0) is 9.59 Å². The van der Waals surface area contributed by atoms with Gasteiger partial charge in [0.15, 0.2) is 6.61 Å². The zero-order valence-electron chi connectivity index (χ0n) is 9.04. The van der Waals surface area contributed by atoms with Crippen LogP contribution < -0.4 is 10.1 Å². The van der Waals surface area contributed by atoms with Crippen LogP contribution in [0.25, 0.3) is 0 Å². The van der Waals surface area contributed by atoms with Crippen molar-refractivity contribution in [3.63, 3.8) is 0 Å². The van der Waals surface area contributed by atoms with E-state index in [1.807, 2.05) is 0 Å². The largest absolute Gasteiger partial charge is 0.480 e. The van der Waals surface area contributed by atoms with E-state index >= 15 is 0 Å². The molecular weight excluding hydrogens is 232 g/mol. The second-order valence-corrected chi connectivity index (χ2v) is 3.21. The number of hydrogen-bond donors (Lipinski definition) is 3. The van der Waals surface area contributed by atoms with Crippen molar-refractivity contribution in [2.75, 3.05) is 13.2 Å². The quantitative estimate of drug-likeness (QED) is 0.582. The molecule has 1 heterocycles. The number of nitrogens with zero attached hydrogens (tertiary/aromatic N) is 1. The number of carboxylic acids is 1. The Morgan fingerprint density at radius 2 is 2.35 bits per heavy atom. The van der Waals surface area contributed by atoms with Crippen LogP contribution in [-0.4, -0.2) is 46.5 Å². The van der Waals surface area contributed by atoms with Gasteiger partial charge >= 0.3 is 5.97 Å². The van der Waals surface area contributed by atoms with Crippen LogP contribution >= 0.6 is 0 Å². The highest BCUT2D eigenvalue weighted by molar-refractivity contribution is 5.84. The van der Waals surface area contributed by atoms with Gasteiger partial charge in [-0.3, -0.25) is 4.79 Å². The Hall–Kier alpha value is -2.09. The first-order chi connectivity index (χ1) is 8.02. The summed E-state index contributed by atoms with van der Waals surface area (Å²) < 4.78 is 9.62. The number of aryl methyl sites for hydroxylation is 1. The number of carboxylic acid groups (broad SMARTS) is 1. The lowest BCUT2D eigenvalue weighted by Gasteiger charge is -2.11. The number of nitrogens with one attached hydrogen (secondary N) is 1. The molecule has 17 heavy (non-hydrogen) atoms. The van der Waals surface area contributed by atoms with E-state index < -0.39 is 31.1 Å². The molecule has 1 rings (SSSR count). The van der Waals surface area contributed by atoms with Gasteiger partial charge < -0.3 is 24.8 Å². The molecule has 0 bridgehead atoms. The van der Waals surface area contributed by atoms with E-state index in [9.17, 15) is 9.59 Å². The van der Waals surface area contributed by atoms with Crippen molar-refractivity contribution in [2.45, 2.75) is 13.0 Å². The normalized spacial score (nSPS) is 11.9. The fourth-order valence-corrected chi connectivity index (χ4v) is 0.973. The lowest BCUT2D eigenvalue weighted by Crippen LogP contribution is -2.45. The number of amides is 1. The van der Waals surface area contributed by atoms with E-state index in [1.165, 1.54) is 6.07 Å². The average Bonchev–Trinajstić information content (AvgIpc) is 2.68. The molecule has 1 atom stereocenters. The van der Waals surface area contributed by atoms with Gasteiger partial charge in [0.2, 0.25) is 0 Å². The molecule has 8 nitrogen and oxygen atoms in total. The fourth-order valence-electron chi connectivity index (χ4n) is 0.973. The Morgan fingerprint density at radius 1 is 1.65 bits per heavy atom. The first kappa shape index (κ1) is 13.0. The Bertz CT molecular complexity index is 402. The summed E-state index contributed by atoms with van der Waals surface area (Å²) in [5, 5.41) is 22.8. The molecule has 0 aliphatic rings. The molecule has 94 valence electrons. The van der Waals surface area contributed by atoms with Crippen LogP contribution in [0.15, 0.2) is 10.6 Å². The summed E-state index contributed by atoms with van der Waals surface area (Å²) in [6.07, 6.45) is 0. The van der Waals surface area contributed by atoms with Gasteiger partial charge in [-0.15, -0.1) is 0 Å². The van der Waals surface area contributed by atoms with Gasteiger partial charge in [-0.05, 0) is 12.1 Å². The number of ether oxygens (including phenoxy) is 1. The third-order valence-corrected chi connectivity index (χ3v) is 1.77. The number of aliphatic carboxylic acids is 1. The van der Waals surface area contributed by atoms with Gasteiger partial charge in [-0.2, -0.15) is 0 Å². The summed E-state index contributed by atoms with van der Waals surface area (Å²) in [7, 11) is 0. The van der Waals surface area contributed by atoms with Crippen LogP contribution in [0.4, 0.5) is 0 Å². The summed E-state index contributed by atoms with van der Waals surface area (Å²) in [5.74, 6) is -1.34. The molecule has 0 fully saturated rings. The molecule has 1 aromatic rings. The number of rotatable bonds is 6. The Morgan fingerprint density at radius 3 is 2.82 bits per heavy atom. The molecule has 1 aromatic heterocycles. The SMILES string of the molecule is Cc1cc(OCC(=O)N[C@H](CO)C(=O)O)no1. The number of hydrogen-bond acceptors (Lipinski definition) is 6. The number of carbonyl (C=O) groups excluding carboxylic acids is 1. The molecule has 3 N–H and O–H groups in total. The van der Waals surface area contributed by atoms with Gasteiger partial charge in [0.05, 0.1) is 6.61 Å². The van der Waals surface area contributed by atoms with Gasteiger partial charge in [-0.25, -0.2) is 4.79 Å². The van der Waals surface area contributed by atoms with Crippen LogP contribution in [0.1, 0.15) is 5.76 Å². The van der Waals surface area contributed by atoms with Crippen LogP contribution in [0.2, 0.25) is 0 Å². The second kappa shape index (κ2) is 5.85. The predicted molar refractivity (Wildman–Crippen MR) is 53.4 cm³/mol. The maximum absolute atomic E-state index is 11.2. The molecule has 0 aliphatic heterocycles. The molecule has 0 unspecified atom stereocenters. The van der Waals surface area contributed by atoms with E-state index in [0.29, 0.717) is 5.76 Å². The minimum atomic E-state index is -1.34. The highest BCUT2D eigenvalue weighted by Gasteiger charge is 2.18. The van der Waals surface area contributed by atoms with Crippen molar-refractivity contribution in [3.05, 3.63) is 11.8 Å². The number of carbonyl (C=O) groups is 2. The van der Waals surface area contributed by atoms with Gasteiger partial charge in [0.25, 0.3) is 11.8 Å². The van der Waals surface area contributed by atoms with Crippen molar-refractivity contribution < 1.29 is 29.1 Å². The molecular formula is C9H12N2O6. The van der Waals surface area contributed by atoms with E-state index in [2.05, 4.69) is 10.5 Å². The first-order valence-electron chi connectivity index (χ1n) is 4.72. The van der Waals surface area contributed by atoms with Gasteiger partial charge in [-0.1, -0.05) is 0 Å². The molecule has 1 amide bonds. The van der Waals surface area contributed by atoms with Crippen molar-refractivity contribution in [3.8, 4) is 5.88 Å². The maximum atomic E-state index is 11.2. The fraction of sp³-hybridized carbons (Fsp3) is 0.444. The van der Waals surface area contributed by atoms with Crippen molar-refractivity contribution in [1.82, 2.24) is 10.5 Å². The molecule has 0 saturated heterocycles. The van der Waals surface area contributed by atoms with Crippen LogP contribution in [0.5, 0.6) is 5.88 Å². The zero-order valence-corrected chi connectivity index (χ0v) is 9.04. The van der Waals surface area contributed by atoms with Crippen LogP contribution in [0, 0.1) is 6.92 Å². The van der Waals surface area contributed by atoms with Crippen molar-refractivity contribution in [1.29, 1.82) is 0 Å². The van der Waals surface area contributed by atoms with E-state index in [1.54, 1.807) is 6.92 Å². The minimum absolute atomic E-state index is 0.133. The lowest BCUT2D eigenvalue weighted by molar-refractivity contribution is -0.143. The van der Waals surface area contributed by atoms with Crippen molar-refractivity contribution in [2.24, 2.45) is 0 Å². The van der Waals surface area contributed by atoms with Gasteiger partial charge in [0, 0.05) is 6.07 Å². The van der Waals surface area contributed by atoms with E-state index in [4.69, 9.17) is 19.5 Å². The highest BCUT2D eigenvalue weighted by Crippen LogP contribution is 2.09. The standard InChI is InChI=1S/C9H12N2O6/c1-5-2-8(11-17-5)16-4-7(13)10-6(3-12)9(14)15/h2,6,12H,3-4H2,1H3,(H,10,13)(H,14,15)/t6-/m1/s1. The smallest absolute Gasteiger partial charge is 0.328 e. The lowest BCUT2D eigenvalue weighted by atomic mass is 10.3. The Kier molecular flexibility index (Phi) is 4.46. The molecule has 0 aromatic carbocycles. The first-order valence-corrected chi connectivity index (χ1v) is 4.72. The molecule has 0 spiro atoms. The van der Waals surface area contributed by atoms with Crippen LogP contribution in [0.3, 0.4) is 0 Å². The van der Waals surface area contributed by atoms with Gasteiger partial charge in [0.1, 0.15) is 11.8 Å². The highest BCUT2D eigenvalue weighted by atomic mass is 16.5. The molecule has 0 radical (unpaired) electrons. The third kappa shape index (κ3) is 4.11. The third-order valence-electron chi connectivity index (χ3n) is 1.77. The predicted octanol–water partition coefficient (Wildman–Crippen LogP) is -1.08. The molecule has 8 heteroatoms. The Balaban J connectivity index is 2.37. The summed E-state index contributed by atoms with van der Waals surface area (Å²) >= 11 is 0. The van der Waals surface area contributed by atoms with E-state index in [-0.39, 0.29) is 5.88 Å². The summed E-state index contributed by atoms with van der Waals surface area (Å²) in [6.45, 7) is 0.562. The molecule has 0 aliphatic carbocycles. The topological polar surface area (TPSA) is 122 Å². The number of aliphatic hydroxyl groups is 1. The monoisotopic (exact) mass is 244 g/mol. The minimum Gasteiger partial charge on any atom is -0.480 e. The Labute approximate surface area is 96.2 Å². The van der Waals surface area contributed by atoms with Crippen molar-refractivity contribution >= 4 is 11.9 Å². The second-order valence-electron chi connectivity index (χ2n) is 3.21. The summed E-state index contributed by atoms with van der Waals surface area (Å²) in [6, 6.07) is 0.138. The zero-order chi connectivity index (χ0) is 12.8. The summed E-state index contributed by atoms with van der Waals surface area (Å²) in [5.41, 5.74) is 0. The summed E-state index contributed by atoms with van der Waals surface area (Å²) in [4.78, 5) is 21.7. The average molecular weight is 244 g/mol. The van der Waals surface area contributed by atoms with E-state index in [0.717, 1.165) is 0 Å². The number of aliphatic hydroxyl groups excluding tert-OH is 1.